The molecule has 0 rings (SSSR count). The van der Waals surface area contributed by atoms with Crippen molar-refractivity contribution in [2.24, 2.45) is 0 Å². The molecule has 0 spiro atoms. The molecule has 0 fully saturated rings. The van der Waals surface area contributed by atoms with Crippen LogP contribution in [-0.2, 0) is 14.3 Å². The highest BCUT2D eigenvalue weighted by atomic mass is 16.5. The van der Waals surface area contributed by atoms with Crippen molar-refractivity contribution >= 4 is 11.9 Å². The van der Waals surface area contributed by atoms with Crippen LogP contribution in [-0.4, -0.2) is 47.4 Å². The van der Waals surface area contributed by atoms with Crippen molar-refractivity contribution in [2.75, 3.05) is 13.2 Å². The van der Waals surface area contributed by atoms with E-state index in [1.807, 2.05) is 6.08 Å². The lowest BCUT2D eigenvalue weighted by Gasteiger charge is -2.20. The van der Waals surface area contributed by atoms with E-state index < -0.39 is 12.1 Å². The van der Waals surface area contributed by atoms with E-state index in [4.69, 9.17) is 4.74 Å². The van der Waals surface area contributed by atoms with Gasteiger partial charge in [-0.3, -0.25) is 9.59 Å². The Hall–Kier alpha value is -1.92. The minimum absolute atomic E-state index is 0.00502. The molecule has 74 heavy (non-hydrogen) atoms. The zero-order valence-electron chi connectivity index (χ0n) is 49.8. The van der Waals surface area contributed by atoms with Gasteiger partial charge in [0.2, 0.25) is 5.91 Å². The SMILES string of the molecule is CCCCC/C=C\C/C=C\CCCCCCCCCCCC(=O)OCCCCCCCCCCCCCCCCCCCCCC(=O)NC(CO)C(O)/C=C/CCCCCCCCCCCCCCCCCCC. The van der Waals surface area contributed by atoms with E-state index in [-0.39, 0.29) is 18.5 Å². The number of carbonyl (C=O) groups excluding carboxylic acids is 2. The number of nitrogens with one attached hydrogen (secondary N) is 1. The van der Waals surface area contributed by atoms with E-state index in [9.17, 15) is 19.8 Å². The highest BCUT2D eigenvalue weighted by Crippen LogP contribution is 2.18. The van der Waals surface area contributed by atoms with Gasteiger partial charge in [0.25, 0.3) is 0 Å². The molecule has 6 heteroatoms. The Morgan fingerprint density at radius 1 is 0.378 bits per heavy atom. The highest BCUT2D eigenvalue weighted by molar-refractivity contribution is 5.76. The van der Waals surface area contributed by atoms with Crippen LogP contribution in [0.5, 0.6) is 0 Å². The number of esters is 1. The second-order valence-corrected chi connectivity index (χ2v) is 22.8. The van der Waals surface area contributed by atoms with Crippen LogP contribution in [0, 0.1) is 0 Å². The van der Waals surface area contributed by atoms with Gasteiger partial charge in [0.05, 0.1) is 25.4 Å². The minimum Gasteiger partial charge on any atom is -0.466 e. The average molecular weight is 1040 g/mol. The second kappa shape index (κ2) is 63.6. The molecule has 0 aromatic rings. The van der Waals surface area contributed by atoms with Crippen molar-refractivity contribution in [3.05, 3.63) is 36.5 Å². The van der Waals surface area contributed by atoms with Crippen LogP contribution in [0.2, 0.25) is 0 Å². The smallest absolute Gasteiger partial charge is 0.305 e. The first-order valence-electron chi connectivity index (χ1n) is 33.3. The summed E-state index contributed by atoms with van der Waals surface area (Å²) < 4.78 is 5.50. The molecule has 0 bridgehead atoms. The summed E-state index contributed by atoms with van der Waals surface area (Å²) in [6.07, 6.45) is 80.5. The lowest BCUT2D eigenvalue weighted by molar-refractivity contribution is -0.143. The van der Waals surface area contributed by atoms with E-state index in [0.717, 1.165) is 51.4 Å². The van der Waals surface area contributed by atoms with Crippen molar-refractivity contribution in [3.8, 4) is 0 Å². The van der Waals surface area contributed by atoms with Crippen LogP contribution in [0.3, 0.4) is 0 Å². The predicted octanol–water partition coefficient (Wildman–Crippen LogP) is 21.1. The fraction of sp³-hybridized carbons (Fsp3) is 0.882. The van der Waals surface area contributed by atoms with Gasteiger partial charge in [-0.1, -0.05) is 320 Å². The number of aliphatic hydroxyl groups is 2. The first kappa shape index (κ1) is 72.1. The third-order valence-electron chi connectivity index (χ3n) is 15.4. The van der Waals surface area contributed by atoms with Crippen LogP contribution in [0.15, 0.2) is 36.5 Å². The molecule has 1 amide bonds. The van der Waals surface area contributed by atoms with Crippen molar-refractivity contribution in [1.29, 1.82) is 0 Å². The number of rotatable bonds is 62. The lowest BCUT2D eigenvalue weighted by Crippen LogP contribution is -2.45. The topological polar surface area (TPSA) is 95.9 Å². The van der Waals surface area contributed by atoms with Crippen LogP contribution in [0.1, 0.15) is 361 Å². The summed E-state index contributed by atoms with van der Waals surface area (Å²) in [5.41, 5.74) is 0. The molecule has 0 aliphatic heterocycles. The summed E-state index contributed by atoms with van der Waals surface area (Å²) in [6.45, 7) is 4.90. The quantitative estimate of drug-likeness (QED) is 0.0320. The van der Waals surface area contributed by atoms with E-state index in [0.29, 0.717) is 19.4 Å². The molecule has 0 saturated heterocycles. The maximum absolute atomic E-state index is 12.5. The third-order valence-corrected chi connectivity index (χ3v) is 15.4. The molecule has 0 aromatic heterocycles. The standard InChI is InChI=1S/C68H129NO5/c1-3-5-7-9-11-13-15-17-19-21-24-28-32-36-40-44-48-52-56-60-66(71)65(64-70)69-67(72)61-57-53-49-45-41-37-33-29-26-23-27-31-35-39-43-47-51-55-59-63-74-68(73)62-58-54-50-46-42-38-34-30-25-22-20-18-16-14-12-10-8-6-4-2/h12,14,18,20,56,60,65-66,70-71H,3-11,13,15-17,19,21-55,57-59,61-64H2,1-2H3,(H,69,72)/b14-12-,20-18-,60-56+. The zero-order valence-corrected chi connectivity index (χ0v) is 49.8. The molecular weight excluding hydrogens is 911 g/mol. The zero-order chi connectivity index (χ0) is 53.6. The number of allylic oxidation sites excluding steroid dienone is 5. The van der Waals surface area contributed by atoms with E-state index in [1.165, 1.54) is 283 Å². The molecule has 0 saturated carbocycles. The van der Waals surface area contributed by atoms with Crippen molar-refractivity contribution < 1.29 is 24.5 Å². The average Bonchev–Trinajstić information content (AvgIpc) is 3.40. The molecule has 3 N–H and O–H groups in total. The number of amides is 1. The van der Waals surface area contributed by atoms with E-state index >= 15 is 0 Å². The van der Waals surface area contributed by atoms with Crippen molar-refractivity contribution in [3.63, 3.8) is 0 Å². The maximum Gasteiger partial charge on any atom is 0.305 e. The first-order valence-corrected chi connectivity index (χ1v) is 33.3. The minimum atomic E-state index is -0.848. The van der Waals surface area contributed by atoms with E-state index in [2.05, 4.69) is 43.5 Å². The van der Waals surface area contributed by atoms with Crippen molar-refractivity contribution in [2.45, 2.75) is 373 Å². The number of unbranched alkanes of at least 4 members (excludes halogenated alkanes) is 47. The Morgan fingerprint density at radius 2 is 0.676 bits per heavy atom. The second-order valence-electron chi connectivity index (χ2n) is 22.8. The summed E-state index contributed by atoms with van der Waals surface area (Å²) >= 11 is 0. The molecule has 0 heterocycles. The molecule has 2 unspecified atom stereocenters. The normalized spacial score (nSPS) is 12.8. The van der Waals surface area contributed by atoms with E-state index in [1.54, 1.807) is 6.08 Å². The summed E-state index contributed by atoms with van der Waals surface area (Å²) in [5, 5.41) is 23.2. The third kappa shape index (κ3) is 59.3. The molecule has 436 valence electrons. The molecule has 0 aliphatic rings. The van der Waals surface area contributed by atoms with Crippen LogP contribution in [0.4, 0.5) is 0 Å². The fourth-order valence-corrected chi connectivity index (χ4v) is 10.3. The summed E-state index contributed by atoms with van der Waals surface area (Å²) in [6, 6.07) is -0.631. The van der Waals surface area contributed by atoms with Crippen molar-refractivity contribution in [1.82, 2.24) is 5.32 Å². The summed E-state index contributed by atoms with van der Waals surface area (Å²) in [7, 11) is 0. The number of hydrogen-bond donors (Lipinski definition) is 3. The Balaban J connectivity index is 3.42. The maximum atomic E-state index is 12.5. The molecule has 2 atom stereocenters. The monoisotopic (exact) mass is 1040 g/mol. The molecule has 0 aliphatic carbocycles. The lowest BCUT2D eigenvalue weighted by atomic mass is 10.0. The van der Waals surface area contributed by atoms with Gasteiger partial charge in [-0.15, -0.1) is 0 Å². The molecule has 0 aromatic carbocycles. The van der Waals surface area contributed by atoms with Gasteiger partial charge < -0.3 is 20.3 Å². The Labute approximate surface area is 462 Å². The van der Waals surface area contributed by atoms with Gasteiger partial charge in [-0.2, -0.15) is 0 Å². The number of hydrogen-bond acceptors (Lipinski definition) is 5. The number of ether oxygens (including phenoxy) is 1. The van der Waals surface area contributed by atoms with Crippen LogP contribution in [0.25, 0.3) is 0 Å². The first-order chi connectivity index (χ1) is 36.5. The largest absolute Gasteiger partial charge is 0.466 e. The number of carbonyl (C=O) groups is 2. The van der Waals surface area contributed by atoms with Gasteiger partial charge in [0, 0.05) is 12.8 Å². The highest BCUT2D eigenvalue weighted by Gasteiger charge is 2.18. The van der Waals surface area contributed by atoms with Gasteiger partial charge in [0.15, 0.2) is 0 Å². The van der Waals surface area contributed by atoms with Crippen LogP contribution >= 0.6 is 0 Å². The Morgan fingerprint density at radius 3 is 1.05 bits per heavy atom. The number of aliphatic hydroxyl groups excluding tert-OH is 2. The van der Waals surface area contributed by atoms with Gasteiger partial charge in [-0.25, -0.2) is 0 Å². The molecule has 0 radical (unpaired) electrons. The fourth-order valence-electron chi connectivity index (χ4n) is 10.3. The predicted molar refractivity (Wildman–Crippen MR) is 324 cm³/mol. The van der Waals surface area contributed by atoms with Crippen LogP contribution < -0.4 is 5.32 Å². The summed E-state index contributed by atoms with van der Waals surface area (Å²) in [4.78, 5) is 24.6. The van der Waals surface area contributed by atoms with Gasteiger partial charge in [-0.05, 0) is 64.2 Å². The van der Waals surface area contributed by atoms with Gasteiger partial charge in [0.1, 0.15) is 0 Å². The summed E-state index contributed by atoms with van der Waals surface area (Å²) in [5.74, 6) is -0.0631. The van der Waals surface area contributed by atoms with Gasteiger partial charge >= 0.3 is 5.97 Å². The Kier molecular flexibility index (Phi) is 62.0. The molecular formula is C68H129NO5. The molecule has 6 nitrogen and oxygen atoms in total. The Bertz CT molecular complexity index is 1200.